The Morgan fingerprint density at radius 3 is 2.44 bits per heavy atom. The molecule has 1 heterocycles. The van der Waals surface area contributed by atoms with E-state index in [9.17, 15) is 18.0 Å². The molecule has 0 aromatic heterocycles. The largest absolute Gasteiger partial charge is 0.471 e. The summed E-state index contributed by atoms with van der Waals surface area (Å²) in [5, 5.41) is 3.11. The van der Waals surface area contributed by atoms with Gasteiger partial charge in [-0.05, 0) is 19.8 Å². The first-order valence-corrected chi connectivity index (χ1v) is 4.97. The van der Waals surface area contributed by atoms with E-state index in [0.29, 0.717) is 19.4 Å². The minimum Gasteiger partial charge on any atom is -0.326 e. The predicted molar refractivity (Wildman–Crippen MR) is 54.4 cm³/mol. The summed E-state index contributed by atoms with van der Waals surface area (Å²) in [6.45, 7) is 2.42. The third-order valence-electron chi connectivity index (χ3n) is 3.12. The Kier molecular flexibility index (Phi) is 3.45. The molecule has 0 unspecified atom stereocenters. The second kappa shape index (κ2) is 4.07. The van der Waals surface area contributed by atoms with Crippen LogP contribution < -0.4 is 5.32 Å². The molecule has 0 bridgehead atoms. The SMILES string of the molecule is C[C@@H]1CN(C(=O)C(F)(F)F)C2(CC2)CN1.Cl. The maximum Gasteiger partial charge on any atom is 0.471 e. The van der Waals surface area contributed by atoms with Crippen LogP contribution in [0.4, 0.5) is 13.2 Å². The number of hydrogen-bond donors (Lipinski definition) is 1. The molecule has 1 N–H and O–H groups in total. The van der Waals surface area contributed by atoms with Gasteiger partial charge in [0.1, 0.15) is 0 Å². The molecule has 1 saturated carbocycles. The highest BCUT2D eigenvalue weighted by atomic mass is 35.5. The second-order valence-electron chi connectivity index (χ2n) is 4.42. The Labute approximate surface area is 97.8 Å². The topological polar surface area (TPSA) is 32.3 Å². The normalized spacial score (nSPS) is 27.5. The zero-order chi connectivity index (χ0) is 11.3. The van der Waals surface area contributed by atoms with E-state index in [1.165, 1.54) is 0 Å². The lowest BCUT2D eigenvalue weighted by molar-refractivity contribution is -0.190. The number of nitrogens with zero attached hydrogens (tertiary/aromatic N) is 1. The first-order chi connectivity index (χ1) is 6.85. The van der Waals surface area contributed by atoms with E-state index in [4.69, 9.17) is 0 Å². The highest BCUT2D eigenvalue weighted by Gasteiger charge is 2.57. The molecule has 0 radical (unpaired) electrons. The summed E-state index contributed by atoms with van der Waals surface area (Å²) in [7, 11) is 0. The van der Waals surface area contributed by atoms with Gasteiger partial charge in [0.25, 0.3) is 0 Å². The molecule has 94 valence electrons. The van der Waals surface area contributed by atoms with Crippen LogP contribution >= 0.6 is 12.4 Å². The Balaban J connectivity index is 0.00000128. The summed E-state index contributed by atoms with van der Waals surface area (Å²) in [6.07, 6.45) is -3.39. The van der Waals surface area contributed by atoms with Crippen LogP contribution in [0.1, 0.15) is 19.8 Å². The average Bonchev–Trinajstić information content (AvgIpc) is 2.88. The van der Waals surface area contributed by atoms with Crippen molar-refractivity contribution >= 4 is 18.3 Å². The minimum atomic E-state index is -4.74. The molecule has 0 aromatic carbocycles. The van der Waals surface area contributed by atoms with Gasteiger partial charge in [-0.2, -0.15) is 13.2 Å². The van der Waals surface area contributed by atoms with E-state index in [-0.39, 0.29) is 25.0 Å². The van der Waals surface area contributed by atoms with Crippen LogP contribution in [0.25, 0.3) is 0 Å². The van der Waals surface area contributed by atoms with Crippen molar-refractivity contribution in [2.45, 2.75) is 37.5 Å². The van der Waals surface area contributed by atoms with E-state index >= 15 is 0 Å². The van der Waals surface area contributed by atoms with Crippen molar-refractivity contribution in [3.8, 4) is 0 Å². The zero-order valence-electron chi connectivity index (χ0n) is 8.80. The molecule has 3 nitrogen and oxygen atoms in total. The van der Waals surface area contributed by atoms with Gasteiger partial charge >= 0.3 is 12.1 Å². The summed E-state index contributed by atoms with van der Waals surface area (Å²) < 4.78 is 37.0. The average molecular weight is 259 g/mol. The highest BCUT2D eigenvalue weighted by Crippen LogP contribution is 2.44. The lowest BCUT2D eigenvalue weighted by atomic mass is 10.1. The summed E-state index contributed by atoms with van der Waals surface area (Å²) in [5.41, 5.74) is -0.543. The van der Waals surface area contributed by atoms with Gasteiger partial charge in [-0.3, -0.25) is 4.79 Å². The van der Waals surface area contributed by atoms with Crippen molar-refractivity contribution in [2.24, 2.45) is 0 Å². The van der Waals surface area contributed by atoms with E-state index in [1.54, 1.807) is 6.92 Å². The lowest BCUT2D eigenvalue weighted by Crippen LogP contribution is -2.61. The van der Waals surface area contributed by atoms with Crippen LogP contribution in [-0.4, -0.2) is 41.7 Å². The van der Waals surface area contributed by atoms with E-state index in [2.05, 4.69) is 5.32 Å². The fourth-order valence-electron chi connectivity index (χ4n) is 2.03. The Morgan fingerprint density at radius 2 is 2.00 bits per heavy atom. The van der Waals surface area contributed by atoms with Crippen molar-refractivity contribution in [1.82, 2.24) is 10.2 Å². The number of hydrogen-bond acceptors (Lipinski definition) is 2. The Morgan fingerprint density at radius 1 is 1.44 bits per heavy atom. The first-order valence-electron chi connectivity index (χ1n) is 4.97. The third kappa shape index (κ3) is 2.27. The number of alkyl halides is 3. The van der Waals surface area contributed by atoms with Crippen molar-refractivity contribution in [3.05, 3.63) is 0 Å². The van der Waals surface area contributed by atoms with Crippen molar-refractivity contribution < 1.29 is 18.0 Å². The molecule has 16 heavy (non-hydrogen) atoms. The standard InChI is InChI=1S/C9H13F3N2O.ClH/c1-6-4-14(7(15)9(10,11)12)8(2-3-8)5-13-6;/h6,13H,2-5H2,1H3;1H/t6-;/m1./s1. The molecule has 2 rings (SSSR count). The van der Waals surface area contributed by atoms with Crippen LogP contribution in [-0.2, 0) is 4.79 Å². The maximum absolute atomic E-state index is 12.3. The summed E-state index contributed by atoms with van der Waals surface area (Å²) in [6, 6.07) is -0.0671. The zero-order valence-corrected chi connectivity index (χ0v) is 9.62. The van der Waals surface area contributed by atoms with E-state index < -0.39 is 17.6 Å². The Hall–Kier alpha value is -0.490. The summed E-state index contributed by atoms with van der Waals surface area (Å²) in [4.78, 5) is 12.2. The van der Waals surface area contributed by atoms with E-state index in [1.807, 2.05) is 0 Å². The van der Waals surface area contributed by atoms with Gasteiger partial charge in [0.05, 0.1) is 5.54 Å². The van der Waals surface area contributed by atoms with Crippen LogP contribution in [0, 0.1) is 0 Å². The van der Waals surface area contributed by atoms with Crippen molar-refractivity contribution in [3.63, 3.8) is 0 Å². The van der Waals surface area contributed by atoms with E-state index in [0.717, 1.165) is 4.90 Å². The molecule has 2 fully saturated rings. The number of amides is 1. The minimum absolute atomic E-state index is 0. The molecule has 1 spiro atoms. The predicted octanol–water partition coefficient (Wildman–Crippen LogP) is 1.32. The summed E-state index contributed by atoms with van der Waals surface area (Å²) >= 11 is 0. The van der Waals surface area contributed by atoms with Crippen LogP contribution in [0.3, 0.4) is 0 Å². The van der Waals surface area contributed by atoms with Gasteiger partial charge in [-0.25, -0.2) is 0 Å². The van der Waals surface area contributed by atoms with Crippen LogP contribution in [0.2, 0.25) is 0 Å². The number of nitrogens with one attached hydrogen (secondary N) is 1. The maximum atomic E-state index is 12.3. The molecular formula is C9H14ClF3N2O. The van der Waals surface area contributed by atoms with Gasteiger partial charge < -0.3 is 10.2 Å². The molecule has 7 heteroatoms. The number of halogens is 4. The number of rotatable bonds is 0. The molecule has 1 aliphatic carbocycles. The quantitative estimate of drug-likeness (QED) is 0.711. The third-order valence-corrected chi connectivity index (χ3v) is 3.12. The van der Waals surface area contributed by atoms with Gasteiger partial charge in [0.15, 0.2) is 0 Å². The number of carbonyl (C=O) groups is 1. The van der Waals surface area contributed by atoms with Gasteiger partial charge in [0.2, 0.25) is 0 Å². The van der Waals surface area contributed by atoms with Gasteiger partial charge in [0, 0.05) is 19.1 Å². The van der Waals surface area contributed by atoms with Crippen LogP contribution in [0.5, 0.6) is 0 Å². The molecule has 1 atom stereocenters. The van der Waals surface area contributed by atoms with Crippen molar-refractivity contribution in [2.75, 3.05) is 13.1 Å². The molecule has 2 aliphatic rings. The molecule has 1 amide bonds. The second-order valence-corrected chi connectivity index (χ2v) is 4.42. The van der Waals surface area contributed by atoms with Gasteiger partial charge in [-0.1, -0.05) is 0 Å². The van der Waals surface area contributed by atoms with Gasteiger partial charge in [-0.15, -0.1) is 12.4 Å². The molecular weight excluding hydrogens is 245 g/mol. The molecule has 0 aromatic rings. The monoisotopic (exact) mass is 258 g/mol. The fraction of sp³-hybridized carbons (Fsp3) is 0.889. The highest BCUT2D eigenvalue weighted by molar-refractivity contribution is 5.85. The number of piperazine rings is 1. The first kappa shape index (κ1) is 13.6. The van der Waals surface area contributed by atoms with Crippen LogP contribution in [0.15, 0.2) is 0 Å². The lowest BCUT2D eigenvalue weighted by Gasteiger charge is -2.40. The van der Waals surface area contributed by atoms with Crippen molar-refractivity contribution in [1.29, 1.82) is 0 Å². The summed E-state index contributed by atoms with van der Waals surface area (Å²) in [5.74, 6) is -1.69. The fourth-order valence-corrected chi connectivity index (χ4v) is 2.03. The Bertz CT molecular complexity index is 291. The molecule has 1 saturated heterocycles. The number of carbonyl (C=O) groups excluding carboxylic acids is 1. The molecule has 1 aliphatic heterocycles. The smallest absolute Gasteiger partial charge is 0.326 e.